The molecule has 3 N–H and O–H groups in total. The van der Waals surface area contributed by atoms with E-state index in [1.807, 2.05) is 109 Å². The van der Waals surface area contributed by atoms with Crippen LogP contribution in [0.2, 0.25) is 0 Å². The molecule has 0 bridgehead atoms. The zero-order valence-electron chi connectivity index (χ0n) is 28.1. The molecule has 4 aromatic rings. The normalized spacial score (nSPS) is 13.3. The van der Waals surface area contributed by atoms with Crippen LogP contribution in [0.15, 0.2) is 121 Å². The summed E-state index contributed by atoms with van der Waals surface area (Å²) >= 11 is 4.84. The third-order valence-corrected chi connectivity index (χ3v) is 11.3. The summed E-state index contributed by atoms with van der Waals surface area (Å²) in [5.41, 5.74) is 1.68. The van der Waals surface area contributed by atoms with E-state index in [0.717, 1.165) is 28.2 Å². The number of thioether (sulfide) groups is 3. The molecule has 0 aliphatic rings. The minimum atomic E-state index is -1.37. The van der Waals surface area contributed by atoms with E-state index in [4.69, 9.17) is 4.74 Å². The lowest BCUT2D eigenvalue weighted by molar-refractivity contribution is -0.134. The van der Waals surface area contributed by atoms with Crippen LogP contribution in [0.3, 0.4) is 0 Å². The quantitative estimate of drug-likeness (QED) is 0.0868. The lowest BCUT2D eigenvalue weighted by Crippen LogP contribution is -2.66. The Morgan fingerprint density at radius 2 is 0.959 bits per heavy atom. The molecule has 2 atom stereocenters. The highest BCUT2D eigenvalue weighted by Crippen LogP contribution is 2.23. The molecule has 7 nitrogen and oxygen atoms in total. The number of benzene rings is 4. The first kappa shape index (κ1) is 38.0. The van der Waals surface area contributed by atoms with Gasteiger partial charge in [-0.3, -0.25) is 9.59 Å². The number of alkyl carbamates (subject to hydrolysis) is 1. The highest BCUT2D eigenvalue weighted by atomic mass is 32.2. The Labute approximate surface area is 303 Å². The first-order chi connectivity index (χ1) is 23.8. The average Bonchev–Trinajstić information content (AvgIpc) is 3.12. The predicted octanol–water partition coefficient (Wildman–Crippen LogP) is 7.46. The fourth-order valence-corrected chi connectivity index (χ4v) is 7.88. The number of ether oxygens (including phenoxy) is 1. The van der Waals surface area contributed by atoms with E-state index in [2.05, 4.69) is 28.1 Å². The molecule has 0 heterocycles. The molecule has 4 aromatic carbocycles. The van der Waals surface area contributed by atoms with Crippen molar-refractivity contribution in [1.29, 1.82) is 0 Å². The Hall–Kier alpha value is -3.86. The van der Waals surface area contributed by atoms with Crippen molar-refractivity contribution in [2.45, 2.75) is 48.8 Å². The van der Waals surface area contributed by atoms with Crippen LogP contribution in [0.1, 0.15) is 36.1 Å². The first-order valence-corrected chi connectivity index (χ1v) is 19.7. The summed E-state index contributed by atoms with van der Waals surface area (Å²) in [4.78, 5) is 41.1. The Kier molecular flexibility index (Phi) is 15.5. The molecule has 0 aliphatic carbocycles. The molecule has 0 radical (unpaired) electrons. The standard InChI is InChI=1S/C39H45N3O4S3/c1-38(29-48-27-33-19-11-5-12-20-33,35(43)40-23-24-47-26-32-17-9-4-10-18-32)41-36(44)39(2,30-49-28-34-21-13-6-14-22-34)42-37(45)46-25-31-15-7-3-8-16-31/h3-22H,23-30H2,1-2H3,(H,40,43)(H,41,44)(H,42,45)/t38-,39-/m0/s1. The number of nitrogens with one attached hydrogen (secondary N) is 3. The molecule has 0 aromatic heterocycles. The summed E-state index contributed by atoms with van der Waals surface area (Å²) in [6.07, 6.45) is -0.707. The Balaban J connectivity index is 1.44. The first-order valence-electron chi connectivity index (χ1n) is 16.2. The van der Waals surface area contributed by atoms with E-state index in [1.165, 1.54) is 17.3 Å². The molecule has 0 saturated carbocycles. The fraction of sp³-hybridized carbons (Fsp3) is 0.308. The van der Waals surface area contributed by atoms with Crippen molar-refractivity contribution in [3.05, 3.63) is 144 Å². The largest absolute Gasteiger partial charge is 0.445 e. The lowest BCUT2D eigenvalue weighted by Gasteiger charge is -2.35. The third-order valence-electron chi connectivity index (χ3n) is 7.63. The smallest absolute Gasteiger partial charge is 0.408 e. The average molecular weight is 716 g/mol. The number of hydrogen-bond acceptors (Lipinski definition) is 7. The van der Waals surface area contributed by atoms with E-state index >= 15 is 0 Å². The monoisotopic (exact) mass is 715 g/mol. The Morgan fingerprint density at radius 3 is 1.43 bits per heavy atom. The van der Waals surface area contributed by atoms with Gasteiger partial charge in [0.2, 0.25) is 11.8 Å². The number of carbonyl (C=O) groups excluding carboxylic acids is 3. The van der Waals surface area contributed by atoms with Crippen LogP contribution in [-0.2, 0) is 38.2 Å². The van der Waals surface area contributed by atoms with Gasteiger partial charge < -0.3 is 20.7 Å². The summed E-state index contributed by atoms with van der Waals surface area (Å²) in [5, 5.41) is 8.94. The van der Waals surface area contributed by atoms with Gasteiger partial charge in [-0.15, -0.1) is 0 Å². The highest BCUT2D eigenvalue weighted by Gasteiger charge is 2.42. The minimum absolute atomic E-state index is 0.0695. The lowest BCUT2D eigenvalue weighted by atomic mass is 9.98. The fourth-order valence-electron chi connectivity index (χ4n) is 4.78. The zero-order valence-corrected chi connectivity index (χ0v) is 30.5. The van der Waals surface area contributed by atoms with Crippen molar-refractivity contribution < 1.29 is 19.1 Å². The van der Waals surface area contributed by atoms with E-state index in [-0.39, 0.29) is 18.3 Å². The molecule has 0 saturated heterocycles. The Bertz CT molecular complexity index is 1580. The molecular formula is C39H45N3O4S3. The maximum atomic E-state index is 14.2. The van der Waals surface area contributed by atoms with Gasteiger partial charge in [-0.05, 0) is 36.1 Å². The van der Waals surface area contributed by atoms with Gasteiger partial charge in [0.1, 0.15) is 17.7 Å². The predicted molar refractivity (Wildman–Crippen MR) is 206 cm³/mol. The number of amides is 3. The van der Waals surface area contributed by atoms with Crippen LogP contribution < -0.4 is 16.0 Å². The number of rotatable bonds is 19. The summed E-state index contributed by atoms with van der Waals surface area (Å²) in [7, 11) is 0. The van der Waals surface area contributed by atoms with Crippen molar-refractivity contribution in [2.24, 2.45) is 0 Å². The van der Waals surface area contributed by atoms with Crippen molar-refractivity contribution in [3.63, 3.8) is 0 Å². The van der Waals surface area contributed by atoms with Crippen molar-refractivity contribution in [1.82, 2.24) is 16.0 Å². The molecule has 0 spiro atoms. The van der Waals surface area contributed by atoms with Gasteiger partial charge in [0.15, 0.2) is 0 Å². The molecule has 0 aliphatic heterocycles. The van der Waals surface area contributed by atoms with Crippen LogP contribution >= 0.6 is 35.3 Å². The van der Waals surface area contributed by atoms with Crippen LogP contribution in [0.25, 0.3) is 0 Å². The molecule has 258 valence electrons. The van der Waals surface area contributed by atoms with Gasteiger partial charge >= 0.3 is 6.09 Å². The molecular weight excluding hydrogens is 671 g/mol. The topological polar surface area (TPSA) is 96.5 Å². The summed E-state index contributed by atoms with van der Waals surface area (Å²) < 4.78 is 5.51. The summed E-state index contributed by atoms with van der Waals surface area (Å²) in [5.74, 6) is 2.78. The van der Waals surface area contributed by atoms with E-state index < -0.39 is 23.1 Å². The van der Waals surface area contributed by atoms with E-state index in [0.29, 0.717) is 23.8 Å². The maximum absolute atomic E-state index is 14.2. The van der Waals surface area contributed by atoms with Gasteiger partial charge in [0.25, 0.3) is 0 Å². The Morgan fingerprint density at radius 1 is 0.551 bits per heavy atom. The van der Waals surface area contributed by atoms with Crippen LogP contribution in [0.5, 0.6) is 0 Å². The van der Waals surface area contributed by atoms with Gasteiger partial charge in [-0.2, -0.15) is 35.3 Å². The van der Waals surface area contributed by atoms with E-state index in [1.54, 1.807) is 37.4 Å². The van der Waals surface area contributed by atoms with Crippen molar-refractivity contribution in [2.75, 3.05) is 23.8 Å². The van der Waals surface area contributed by atoms with Crippen LogP contribution in [-0.4, -0.2) is 52.8 Å². The van der Waals surface area contributed by atoms with Crippen LogP contribution in [0, 0.1) is 0 Å². The van der Waals surface area contributed by atoms with Gasteiger partial charge in [-0.1, -0.05) is 121 Å². The second-order valence-electron chi connectivity index (χ2n) is 12.1. The second kappa shape index (κ2) is 20.0. The summed E-state index contributed by atoms with van der Waals surface area (Å²) in [6.45, 7) is 3.96. The molecule has 4 rings (SSSR count). The van der Waals surface area contributed by atoms with Gasteiger partial charge in [0.05, 0.1) is 0 Å². The molecule has 49 heavy (non-hydrogen) atoms. The van der Waals surface area contributed by atoms with Crippen LogP contribution in [0.4, 0.5) is 4.79 Å². The van der Waals surface area contributed by atoms with E-state index in [9.17, 15) is 14.4 Å². The maximum Gasteiger partial charge on any atom is 0.408 e. The zero-order chi connectivity index (χ0) is 34.8. The third kappa shape index (κ3) is 13.2. The molecule has 0 unspecified atom stereocenters. The summed E-state index contributed by atoms with van der Waals surface area (Å²) in [6, 6.07) is 39.5. The second-order valence-corrected chi connectivity index (χ2v) is 15.1. The van der Waals surface area contributed by atoms with Gasteiger partial charge in [0, 0.05) is 41.1 Å². The number of carbonyl (C=O) groups is 3. The molecule has 0 fully saturated rings. The number of hydrogen-bond donors (Lipinski definition) is 3. The minimum Gasteiger partial charge on any atom is -0.445 e. The van der Waals surface area contributed by atoms with Crippen molar-refractivity contribution >= 4 is 53.2 Å². The highest BCUT2D eigenvalue weighted by molar-refractivity contribution is 7.99. The molecule has 3 amide bonds. The SMILES string of the molecule is C[C@@](CSCc1ccccc1)(NC(=O)OCc1ccccc1)C(=O)N[C@@](C)(CSCc1ccccc1)C(=O)NCCSCc1ccccc1. The van der Waals surface area contributed by atoms with Crippen molar-refractivity contribution in [3.8, 4) is 0 Å². The van der Waals surface area contributed by atoms with Gasteiger partial charge in [-0.25, -0.2) is 4.79 Å². The molecule has 10 heteroatoms.